The smallest absolute Gasteiger partial charge is 0.338 e. The first-order chi connectivity index (χ1) is 11.7. The third-order valence-electron chi connectivity index (χ3n) is 3.93. The van der Waals surface area contributed by atoms with E-state index >= 15 is 0 Å². The number of sulfone groups is 1. The average Bonchev–Trinajstić information content (AvgIpc) is 2.93. The molecule has 2 rings (SSSR count). The number of carbonyl (C=O) groups excluding carboxylic acids is 2. The predicted molar refractivity (Wildman–Crippen MR) is 87.8 cm³/mol. The Balaban J connectivity index is 1.97. The number of carbonyl (C=O) groups is 2. The highest BCUT2D eigenvalue weighted by Crippen LogP contribution is 2.18. The fourth-order valence-electron chi connectivity index (χ4n) is 2.70. The van der Waals surface area contributed by atoms with Crippen LogP contribution in [0, 0.1) is 10.1 Å². The van der Waals surface area contributed by atoms with Gasteiger partial charge in [0.25, 0.3) is 11.6 Å². The molecule has 0 bridgehead atoms. The van der Waals surface area contributed by atoms with Crippen LogP contribution in [0.4, 0.5) is 5.69 Å². The number of nitro benzene ring substituents is 1. The van der Waals surface area contributed by atoms with Gasteiger partial charge in [-0.1, -0.05) is 6.07 Å². The number of non-ortho nitro benzene ring substituents is 1. The van der Waals surface area contributed by atoms with Crippen LogP contribution < -0.4 is 0 Å². The van der Waals surface area contributed by atoms with Crippen molar-refractivity contribution in [2.45, 2.75) is 19.4 Å². The second-order valence-corrected chi connectivity index (χ2v) is 7.85. The van der Waals surface area contributed by atoms with Crippen molar-refractivity contribution in [3.8, 4) is 0 Å². The molecule has 0 N–H and O–H groups in total. The highest BCUT2D eigenvalue weighted by Gasteiger charge is 2.34. The summed E-state index contributed by atoms with van der Waals surface area (Å²) < 4.78 is 28.0. The van der Waals surface area contributed by atoms with E-state index in [-0.39, 0.29) is 22.8 Å². The Morgan fingerprint density at radius 2 is 2.12 bits per heavy atom. The Bertz CT molecular complexity index is 791. The summed E-state index contributed by atoms with van der Waals surface area (Å²) in [6.45, 7) is 1.46. The zero-order valence-corrected chi connectivity index (χ0v) is 14.4. The van der Waals surface area contributed by atoms with Gasteiger partial charge in [0.2, 0.25) is 0 Å². The Morgan fingerprint density at radius 1 is 1.40 bits per heavy atom. The van der Waals surface area contributed by atoms with Crippen molar-refractivity contribution >= 4 is 27.4 Å². The maximum absolute atomic E-state index is 12.2. The van der Waals surface area contributed by atoms with E-state index in [0.29, 0.717) is 13.0 Å². The number of hydrogen-bond acceptors (Lipinski definition) is 7. The summed E-state index contributed by atoms with van der Waals surface area (Å²) in [5.74, 6) is -1.41. The summed E-state index contributed by atoms with van der Waals surface area (Å²) in [4.78, 5) is 35.6. The van der Waals surface area contributed by atoms with Crippen LogP contribution in [0.25, 0.3) is 0 Å². The van der Waals surface area contributed by atoms with Crippen LogP contribution in [0.2, 0.25) is 0 Å². The molecule has 1 aromatic carbocycles. The van der Waals surface area contributed by atoms with Crippen LogP contribution >= 0.6 is 0 Å². The molecule has 0 aliphatic carbocycles. The first kappa shape index (κ1) is 18.8. The summed E-state index contributed by atoms with van der Waals surface area (Å²) in [5, 5.41) is 10.7. The Kier molecular flexibility index (Phi) is 5.73. The molecule has 1 amide bonds. The monoisotopic (exact) mass is 370 g/mol. The number of nitro groups is 1. The molecule has 0 spiro atoms. The van der Waals surface area contributed by atoms with E-state index in [1.165, 1.54) is 23.1 Å². The van der Waals surface area contributed by atoms with Crippen molar-refractivity contribution < 1.29 is 27.7 Å². The van der Waals surface area contributed by atoms with E-state index in [1.54, 1.807) is 6.92 Å². The minimum Gasteiger partial charge on any atom is -0.452 e. The largest absolute Gasteiger partial charge is 0.452 e. The summed E-state index contributed by atoms with van der Waals surface area (Å²) in [6, 6.07) is 4.58. The Morgan fingerprint density at radius 3 is 2.68 bits per heavy atom. The molecular weight excluding hydrogens is 352 g/mol. The molecule has 1 saturated heterocycles. The van der Waals surface area contributed by atoms with Crippen molar-refractivity contribution in [2.24, 2.45) is 0 Å². The molecule has 25 heavy (non-hydrogen) atoms. The first-order valence-electron chi connectivity index (χ1n) is 7.65. The molecule has 10 heteroatoms. The van der Waals surface area contributed by atoms with E-state index in [2.05, 4.69) is 0 Å². The summed E-state index contributed by atoms with van der Waals surface area (Å²) in [5.41, 5.74) is -0.291. The maximum Gasteiger partial charge on any atom is 0.338 e. The van der Waals surface area contributed by atoms with Gasteiger partial charge in [-0.05, 0) is 19.4 Å². The third-order valence-corrected chi connectivity index (χ3v) is 5.68. The molecule has 1 aromatic rings. The summed E-state index contributed by atoms with van der Waals surface area (Å²) in [7, 11) is -3.14. The quantitative estimate of drug-likeness (QED) is 0.412. The zero-order valence-electron chi connectivity index (χ0n) is 13.6. The van der Waals surface area contributed by atoms with Gasteiger partial charge in [0.05, 0.1) is 22.0 Å². The number of amides is 1. The lowest BCUT2D eigenvalue weighted by molar-refractivity contribution is -0.384. The second kappa shape index (κ2) is 7.60. The van der Waals surface area contributed by atoms with Crippen LogP contribution in [0.5, 0.6) is 0 Å². The predicted octanol–water partition coefficient (Wildman–Crippen LogP) is 0.787. The highest BCUT2D eigenvalue weighted by atomic mass is 32.2. The normalized spacial score (nSPS) is 18.5. The molecule has 0 saturated carbocycles. The van der Waals surface area contributed by atoms with E-state index in [9.17, 15) is 28.1 Å². The number of ether oxygens (including phenoxy) is 1. The van der Waals surface area contributed by atoms with Crippen molar-refractivity contribution in [2.75, 3.05) is 24.7 Å². The minimum atomic E-state index is -3.14. The van der Waals surface area contributed by atoms with Gasteiger partial charge in [-0.2, -0.15) is 0 Å². The van der Waals surface area contributed by atoms with Gasteiger partial charge in [-0.3, -0.25) is 14.9 Å². The van der Waals surface area contributed by atoms with Gasteiger partial charge in [0, 0.05) is 24.7 Å². The van der Waals surface area contributed by atoms with Gasteiger partial charge in [-0.25, -0.2) is 13.2 Å². The Hall–Kier alpha value is -2.49. The number of likely N-dealkylation sites (N-methyl/N-ethyl adjacent to an activating group) is 1. The molecule has 136 valence electrons. The third kappa shape index (κ3) is 4.75. The molecule has 0 aromatic heterocycles. The summed E-state index contributed by atoms with van der Waals surface area (Å²) >= 11 is 0. The molecule has 1 aliphatic heterocycles. The second-order valence-electron chi connectivity index (χ2n) is 5.62. The molecule has 9 nitrogen and oxygen atoms in total. The lowest BCUT2D eigenvalue weighted by Crippen LogP contribution is -2.43. The lowest BCUT2D eigenvalue weighted by atomic mass is 10.2. The van der Waals surface area contributed by atoms with Crippen molar-refractivity contribution in [1.29, 1.82) is 0 Å². The first-order valence-corrected chi connectivity index (χ1v) is 9.47. The van der Waals surface area contributed by atoms with E-state index in [4.69, 9.17) is 4.74 Å². The molecule has 0 radical (unpaired) electrons. The lowest BCUT2D eigenvalue weighted by Gasteiger charge is -2.26. The van der Waals surface area contributed by atoms with Crippen LogP contribution in [0.15, 0.2) is 24.3 Å². The van der Waals surface area contributed by atoms with Crippen LogP contribution in [-0.4, -0.2) is 60.8 Å². The van der Waals surface area contributed by atoms with E-state index in [0.717, 1.165) is 6.07 Å². The summed E-state index contributed by atoms with van der Waals surface area (Å²) in [6.07, 6.45) is 0.362. The highest BCUT2D eigenvalue weighted by molar-refractivity contribution is 7.91. The Labute approximate surface area is 144 Å². The molecule has 0 unspecified atom stereocenters. The number of nitrogens with zero attached hydrogens (tertiary/aromatic N) is 2. The van der Waals surface area contributed by atoms with Gasteiger partial charge < -0.3 is 9.64 Å². The molecule has 1 fully saturated rings. The van der Waals surface area contributed by atoms with Gasteiger partial charge in [0.1, 0.15) is 0 Å². The minimum absolute atomic E-state index is 0.0338. The number of esters is 1. The van der Waals surface area contributed by atoms with Crippen LogP contribution in [-0.2, 0) is 19.4 Å². The van der Waals surface area contributed by atoms with Crippen molar-refractivity contribution in [3.05, 3.63) is 39.9 Å². The fourth-order valence-corrected chi connectivity index (χ4v) is 4.43. The van der Waals surface area contributed by atoms with Crippen LogP contribution in [0.1, 0.15) is 23.7 Å². The van der Waals surface area contributed by atoms with Crippen molar-refractivity contribution in [1.82, 2.24) is 4.90 Å². The molecule has 1 aliphatic rings. The van der Waals surface area contributed by atoms with Gasteiger partial charge in [0.15, 0.2) is 16.4 Å². The fraction of sp³-hybridized carbons (Fsp3) is 0.467. The van der Waals surface area contributed by atoms with Gasteiger partial charge >= 0.3 is 5.97 Å². The van der Waals surface area contributed by atoms with Crippen LogP contribution in [0.3, 0.4) is 0 Å². The van der Waals surface area contributed by atoms with Crippen molar-refractivity contribution in [3.63, 3.8) is 0 Å². The average molecular weight is 370 g/mol. The van der Waals surface area contributed by atoms with Gasteiger partial charge in [-0.15, -0.1) is 0 Å². The maximum atomic E-state index is 12.2. The standard InChI is InChI=1S/C15H18N2O7S/c1-2-16(13-6-7-25(22,23)10-13)14(18)9-24-15(19)11-4-3-5-12(8-11)17(20)21/h3-5,8,13H,2,6-7,9-10H2,1H3/t13-/m0/s1. The zero-order chi connectivity index (χ0) is 18.6. The number of benzene rings is 1. The number of rotatable bonds is 6. The molecule has 1 heterocycles. The van der Waals surface area contributed by atoms with E-state index < -0.39 is 39.3 Å². The van der Waals surface area contributed by atoms with E-state index in [1.807, 2.05) is 0 Å². The topological polar surface area (TPSA) is 124 Å². The molecular formula is C15H18N2O7S. The molecule has 1 atom stereocenters. The SMILES string of the molecule is CCN(C(=O)COC(=O)c1cccc([N+](=O)[O-])c1)[C@H]1CCS(=O)(=O)C1. The number of hydrogen-bond donors (Lipinski definition) is 0.